The van der Waals surface area contributed by atoms with Gasteiger partial charge in [-0.25, -0.2) is 13.8 Å². The highest BCUT2D eigenvalue weighted by molar-refractivity contribution is 5.92. The molecule has 1 amide bonds. The first-order valence-corrected chi connectivity index (χ1v) is 7.82. The van der Waals surface area contributed by atoms with Gasteiger partial charge in [0.1, 0.15) is 23.1 Å². The van der Waals surface area contributed by atoms with Crippen LogP contribution in [0.5, 0.6) is 5.75 Å². The second-order valence-corrected chi connectivity index (χ2v) is 5.57. The Hall–Kier alpha value is -3.22. The second-order valence-electron chi connectivity index (χ2n) is 5.57. The number of anilines is 1. The van der Waals surface area contributed by atoms with E-state index in [4.69, 9.17) is 9.15 Å². The molecule has 2 aromatic carbocycles. The van der Waals surface area contributed by atoms with E-state index in [1.807, 2.05) is 12.1 Å². The largest absolute Gasteiger partial charge is 0.496 e. The molecule has 1 heterocycles. The molecule has 0 fully saturated rings. The van der Waals surface area contributed by atoms with E-state index in [2.05, 4.69) is 10.3 Å². The molecule has 0 bridgehead atoms. The summed E-state index contributed by atoms with van der Waals surface area (Å²) in [5, 5.41) is 2.40. The Labute approximate surface area is 148 Å². The fraction of sp³-hybridized carbons (Fsp3) is 0.158. The SMILES string of the molecule is COc1ccccc1-c1nc(CC(=O)Nc2ccc(F)cc2F)c(C)o1. The van der Waals surface area contributed by atoms with Crippen molar-refractivity contribution in [1.29, 1.82) is 0 Å². The van der Waals surface area contributed by atoms with Gasteiger partial charge in [0.05, 0.1) is 30.5 Å². The molecular formula is C19H16F2N2O3. The van der Waals surface area contributed by atoms with Crippen molar-refractivity contribution in [2.24, 2.45) is 0 Å². The Balaban J connectivity index is 1.78. The summed E-state index contributed by atoms with van der Waals surface area (Å²) >= 11 is 0. The Kier molecular flexibility index (Phi) is 4.97. The number of methoxy groups -OCH3 is 1. The predicted octanol–water partition coefficient (Wildman–Crippen LogP) is 4.12. The van der Waals surface area contributed by atoms with Crippen molar-refractivity contribution >= 4 is 11.6 Å². The van der Waals surface area contributed by atoms with Gasteiger partial charge >= 0.3 is 0 Å². The van der Waals surface area contributed by atoms with Gasteiger partial charge in [-0.05, 0) is 31.2 Å². The van der Waals surface area contributed by atoms with E-state index in [0.717, 1.165) is 6.07 Å². The zero-order valence-electron chi connectivity index (χ0n) is 14.2. The third-order valence-corrected chi connectivity index (χ3v) is 3.76. The van der Waals surface area contributed by atoms with Crippen LogP contribution in [0, 0.1) is 18.6 Å². The number of ether oxygens (including phenoxy) is 1. The quantitative estimate of drug-likeness (QED) is 0.745. The van der Waals surface area contributed by atoms with Crippen LogP contribution in [0.2, 0.25) is 0 Å². The Morgan fingerprint density at radius 2 is 2.00 bits per heavy atom. The fourth-order valence-corrected chi connectivity index (χ4v) is 2.47. The zero-order chi connectivity index (χ0) is 18.7. The Bertz CT molecular complexity index is 954. The Morgan fingerprint density at radius 3 is 2.73 bits per heavy atom. The lowest BCUT2D eigenvalue weighted by molar-refractivity contribution is -0.115. The molecule has 0 aliphatic carbocycles. The molecular weight excluding hydrogens is 342 g/mol. The number of rotatable bonds is 5. The molecule has 7 heteroatoms. The highest BCUT2D eigenvalue weighted by Crippen LogP contribution is 2.30. The fourth-order valence-electron chi connectivity index (χ4n) is 2.47. The molecule has 0 radical (unpaired) electrons. The lowest BCUT2D eigenvalue weighted by Crippen LogP contribution is -2.16. The van der Waals surface area contributed by atoms with Crippen molar-refractivity contribution in [2.45, 2.75) is 13.3 Å². The molecule has 1 aromatic heterocycles. The Morgan fingerprint density at radius 1 is 1.23 bits per heavy atom. The second kappa shape index (κ2) is 7.35. The van der Waals surface area contributed by atoms with Gasteiger partial charge < -0.3 is 14.5 Å². The van der Waals surface area contributed by atoms with Gasteiger partial charge in [0.15, 0.2) is 0 Å². The highest BCUT2D eigenvalue weighted by Gasteiger charge is 2.18. The predicted molar refractivity (Wildman–Crippen MR) is 91.9 cm³/mol. The minimum atomic E-state index is -0.843. The third kappa shape index (κ3) is 3.72. The van der Waals surface area contributed by atoms with Crippen LogP contribution in [0.4, 0.5) is 14.5 Å². The number of para-hydroxylation sites is 1. The standard InChI is InChI=1S/C19H16F2N2O3/c1-11-16(10-18(24)22-15-8-7-12(20)9-14(15)21)23-19(26-11)13-5-3-4-6-17(13)25-2/h3-9H,10H2,1-2H3,(H,22,24). The number of amides is 1. The van der Waals surface area contributed by atoms with Crippen LogP contribution < -0.4 is 10.1 Å². The molecule has 0 unspecified atom stereocenters. The molecule has 0 aliphatic rings. The number of nitrogens with one attached hydrogen (secondary N) is 1. The van der Waals surface area contributed by atoms with Crippen molar-refractivity contribution in [3.63, 3.8) is 0 Å². The molecule has 1 N–H and O–H groups in total. The van der Waals surface area contributed by atoms with Gasteiger partial charge in [-0.1, -0.05) is 12.1 Å². The van der Waals surface area contributed by atoms with Gasteiger partial charge in [-0.2, -0.15) is 0 Å². The highest BCUT2D eigenvalue weighted by atomic mass is 19.1. The number of carbonyl (C=O) groups excluding carboxylic acids is 1. The summed E-state index contributed by atoms with van der Waals surface area (Å²) in [5.74, 6) is -0.646. The number of hydrogen-bond acceptors (Lipinski definition) is 4. The molecule has 0 atom stereocenters. The summed E-state index contributed by atoms with van der Waals surface area (Å²) in [6.45, 7) is 1.69. The van der Waals surface area contributed by atoms with E-state index in [1.54, 1.807) is 26.2 Å². The van der Waals surface area contributed by atoms with E-state index < -0.39 is 17.5 Å². The van der Waals surface area contributed by atoms with Crippen LogP contribution in [-0.2, 0) is 11.2 Å². The van der Waals surface area contributed by atoms with Gasteiger partial charge in [0.2, 0.25) is 11.8 Å². The summed E-state index contributed by atoms with van der Waals surface area (Å²) in [5.41, 5.74) is 0.989. The molecule has 26 heavy (non-hydrogen) atoms. The van der Waals surface area contributed by atoms with E-state index in [-0.39, 0.29) is 12.1 Å². The molecule has 0 spiro atoms. The van der Waals surface area contributed by atoms with Crippen LogP contribution in [0.1, 0.15) is 11.5 Å². The van der Waals surface area contributed by atoms with Crippen molar-refractivity contribution in [1.82, 2.24) is 4.98 Å². The maximum Gasteiger partial charge on any atom is 0.230 e. The van der Waals surface area contributed by atoms with Crippen LogP contribution in [0.15, 0.2) is 46.9 Å². The van der Waals surface area contributed by atoms with Crippen LogP contribution in [-0.4, -0.2) is 18.0 Å². The van der Waals surface area contributed by atoms with Crippen molar-refractivity contribution in [3.05, 3.63) is 65.6 Å². The first-order valence-electron chi connectivity index (χ1n) is 7.82. The number of aryl methyl sites for hydroxylation is 1. The van der Waals surface area contributed by atoms with Crippen LogP contribution in [0.3, 0.4) is 0 Å². The molecule has 134 valence electrons. The van der Waals surface area contributed by atoms with E-state index in [1.165, 1.54) is 6.07 Å². The van der Waals surface area contributed by atoms with Gasteiger partial charge in [0, 0.05) is 6.07 Å². The topological polar surface area (TPSA) is 64.4 Å². The monoisotopic (exact) mass is 358 g/mol. The van der Waals surface area contributed by atoms with E-state index >= 15 is 0 Å². The summed E-state index contributed by atoms with van der Waals surface area (Å²) < 4.78 is 37.5. The maximum absolute atomic E-state index is 13.6. The summed E-state index contributed by atoms with van der Waals surface area (Å²) in [7, 11) is 1.54. The molecule has 3 rings (SSSR count). The number of nitrogens with zero attached hydrogens (tertiary/aromatic N) is 1. The molecule has 3 aromatic rings. The average molecular weight is 358 g/mol. The summed E-state index contributed by atoms with van der Waals surface area (Å²) in [6.07, 6.45) is -0.110. The minimum absolute atomic E-state index is 0.0949. The minimum Gasteiger partial charge on any atom is -0.496 e. The molecule has 0 saturated heterocycles. The maximum atomic E-state index is 13.6. The average Bonchev–Trinajstić information content (AvgIpc) is 2.97. The van der Waals surface area contributed by atoms with Crippen molar-refractivity contribution in [2.75, 3.05) is 12.4 Å². The lowest BCUT2D eigenvalue weighted by atomic mass is 10.2. The number of benzene rings is 2. The van der Waals surface area contributed by atoms with Crippen LogP contribution >= 0.6 is 0 Å². The lowest BCUT2D eigenvalue weighted by Gasteiger charge is -2.05. The summed E-state index contributed by atoms with van der Waals surface area (Å²) in [6, 6.07) is 10.2. The number of oxazole rings is 1. The number of hydrogen-bond donors (Lipinski definition) is 1. The number of aromatic nitrogens is 1. The first kappa shape index (κ1) is 17.6. The zero-order valence-corrected chi connectivity index (χ0v) is 14.2. The van der Waals surface area contributed by atoms with Crippen molar-refractivity contribution in [3.8, 4) is 17.2 Å². The van der Waals surface area contributed by atoms with Gasteiger partial charge in [0.25, 0.3) is 0 Å². The molecule has 5 nitrogen and oxygen atoms in total. The first-order chi connectivity index (χ1) is 12.5. The van der Waals surface area contributed by atoms with E-state index in [0.29, 0.717) is 34.7 Å². The normalized spacial score (nSPS) is 10.6. The number of carbonyl (C=O) groups is 1. The third-order valence-electron chi connectivity index (χ3n) is 3.76. The molecule has 0 saturated carbocycles. The molecule has 0 aliphatic heterocycles. The van der Waals surface area contributed by atoms with Gasteiger partial charge in [-0.3, -0.25) is 4.79 Å². The summed E-state index contributed by atoms with van der Waals surface area (Å²) in [4.78, 5) is 16.5. The number of halogens is 2. The van der Waals surface area contributed by atoms with Gasteiger partial charge in [-0.15, -0.1) is 0 Å². The van der Waals surface area contributed by atoms with Crippen LogP contribution in [0.25, 0.3) is 11.5 Å². The smallest absolute Gasteiger partial charge is 0.230 e. The van der Waals surface area contributed by atoms with E-state index in [9.17, 15) is 13.6 Å². The van der Waals surface area contributed by atoms with Crippen molar-refractivity contribution < 1.29 is 22.7 Å².